The third-order valence-corrected chi connectivity index (χ3v) is 4.03. The van der Waals surface area contributed by atoms with Crippen LogP contribution in [-0.2, 0) is 10.0 Å². The van der Waals surface area contributed by atoms with Crippen molar-refractivity contribution >= 4 is 33.0 Å². The monoisotopic (exact) mass is 318 g/mol. The van der Waals surface area contributed by atoms with E-state index in [0.29, 0.717) is 0 Å². The third-order valence-electron chi connectivity index (χ3n) is 2.42. The molecule has 106 valence electrons. The van der Waals surface area contributed by atoms with E-state index >= 15 is 0 Å². The molecule has 2 rings (SSSR count). The fourth-order valence-corrected chi connectivity index (χ4v) is 2.85. The molecular weight excluding hydrogens is 310 g/mol. The van der Waals surface area contributed by atoms with Gasteiger partial charge in [-0.15, -0.1) is 0 Å². The zero-order valence-corrected chi connectivity index (χ0v) is 11.5. The first-order chi connectivity index (χ1) is 9.29. The molecule has 0 bridgehead atoms. The maximum Gasteiger partial charge on any atom is 0.264 e. The first kappa shape index (κ1) is 14.5. The van der Waals surface area contributed by atoms with Gasteiger partial charge in [-0.1, -0.05) is 11.6 Å². The van der Waals surface area contributed by atoms with Gasteiger partial charge in [-0.3, -0.25) is 4.72 Å². The SMILES string of the molecule is Nc1ccc(F)c(S(=O)(=O)Nc2cc(Cl)ccc2F)c1. The number of nitrogens with two attached hydrogens (primary N) is 1. The largest absolute Gasteiger partial charge is 0.399 e. The average Bonchev–Trinajstić information content (AvgIpc) is 2.36. The summed E-state index contributed by atoms with van der Waals surface area (Å²) in [5.74, 6) is -1.82. The lowest BCUT2D eigenvalue weighted by Gasteiger charge is -2.10. The van der Waals surface area contributed by atoms with E-state index < -0.39 is 26.6 Å². The summed E-state index contributed by atoms with van der Waals surface area (Å²) in [5.41, 5.74) is 5.11. The first-order valence-corrected chi connectivity index (χ1v) is 7.18. The maximum absolute atomic E-state index is 13.6. The molecule has 2 aromatic carbocycles. The van der Waals surface area contributed by atoms with Crippen LogP contribution in [0.25, 0.3) is 0 Å². The highest BCUT2D eigenvalue weighted by atomic mass is 35.5. The molecule has 0 saturated heterocycles. The molecule has 8 heteroatoms. The second kappa shape index (κ2) is 5.26. The average molecular weight is 319 g/mol. The van der Waals surface area contributed by atoms with Crippen LogP contribution in [0, 0.1) is 11.6 Å². The van der Waals surface area contributed by atoms with Crippen molar-refractivity contribution in [2.24, 2.45) is 0 Å². The predicted molar refractivity (Wildman–Crippen MR) is 73.0 cm³/mol. The molecule has 0 atom stereocenters. The fraction of sp³-hybridized carbons (Fsp3) is 0. The standard InChI is InChI=1S/C12H9ClF2N2O2S/c13-7-1-3-9(14)11(5-7)17-20(18,19)12-6-8(16)2-4-10(12)15/h1-6,17H,16H2. The van der Waals surface area contributed by atoms with E-state index in [2.05, 4.69) is 0 Å². The van der Waals surface area contributed by atoms with E-state index in [1.165, 1.54) is 12.1 Å². The van der Waals surface area contributed by atoms with Crippen molar-refractivity contribution in [3.8, 4) is 0 Å². The summed E-state index contributed by atoms with van der Waals surface area (Å²) in [5, 5.41) is 0.136. The number of benzene rings is 2. The lowest BCUT2D eigenvalue weighted by molar-refractivity contribution is 0.569. The first-order valence-electron chi connectivity index (χ1n) is 5.32. The quantitative estimate of drug-likeness (QED) is 0.854. The second-order valence-electron chi connectivity index (χ2n) is 3.92. The molecule has 0 amide bonds. The van der Waals surface area contributed by atoms with Gasteiger partial charge in [-0.25, -0.2) is 17.2 Å². The molecule has 3 N–H and O–H groups in total. The molecule has 0 aliphatic carbocycles. The summed E-state index contributed by atoms with van der Waals surface area (Å²) in [6.07, 6.45) is 0. The van der Waals surface area contributed by atoms with Crippen LogP contribution in [0.5, 0.6) is 0 Å². The van der Waals surface area contributed by atoms with Gasteiger partial charge in [0.1, 0.15) is 16.5 Å². The highest BCUT2D eigenvalue weighted by molar-refractivity contribution is 7.92. The Morgan fingerprint density at radius 2 is 1.70 bits per heavy atom. The number of hydrogen-bond donors (Lipinski definition) is 2. The van der Waals surface area contributed by atoms with Crippen LogP contribution in [0.1, 0.15) is 0 Å². The molecule has 20 heavy (non-hydrogen) atoms. The van der Waals surface area contributed by atoms with E-state index in [1.807, 2.05) is 4.72 Å². The van der Waals surface area contributed by atoms with Gasteiger partial charge in [0.05, 0.1) is 5.69 Å². The number of halogens is 3. The molecule has 0 saturated carbocycles. The van der Waals surface area contributed by atoms with Crippen LogP contribution in [-0.4, -0.2) is 8.42 Å². The Labute approximate surface area is 119 Å². The summed E-state index contributed by atoms with van der Waals surface area (Å²) in [7, 11) is -4.31. The Balaban J connectivity index is 2.46. The minimum Gasteiger partial charge on any atom is -0.399 e. The van der Waals surface area contributed by atoms with Crippen LogP contribution in [0.4, 0.5) is 20.2 Å². The summed E-state index contributed by atoms with van der Waals surface area (Å²) in [4.78, 5) is -0.670. The van der Waals surface area contributed by atoms with Crippen LogP contribution < -0.4 is 10.5 Å². The van der Waals surface area contributed by atoms with E-state index in [4.69, 9.17) is 17.3 Å². The Bertz CT molecular complexity index is 766. The summed E-state index contributed by atoms with van der Waals surface area (Å²) < 4.78 is 53.0. The van der Waals surface area contributed by atoms with Crippen LogP contribution >= 0.6 is 11.6 Å². The van der Waals surface area contributed by atoms with Crippen molar-refractivity contribution in [2.75, 3.05) is 10.5 Å². The number of sulfonamides is 1. The Morgan fingerprint density at radius 1 is 1.05 bits per heavy atom. The third kappa shape index (κ3) is 3.00. The highest BCUT2D eigenvalue weighted by Crippen LogP contribution is 2.24. The summed E-state index contributed by atoms with van der Waals surface area (Å²) in [6.45, 7) is 0. The van der Waals surface area contributed by atoms with Crippen molar-refractivity contribution in [3.63, 3.8) is 0 Å². The molecule has 0 radical (unpaired) electrons. The zero-order chi connectivity index (χ0) is 14.9. The van der Waals surface area contributed by atoms with Gasteiger partial charge in [0.15, 0.2) is 0 Å². The molecule has 0 aliphatic heterocycles. The van der Waals surface area contributed by atoms with Crippen molar-refractivity contribution in [3.05, 3.63) is 53.1 Å². The van der Waals surface area contributed by atoms with Crippen molar-refractivity contribution in [2.45, 2.75) is 4.90 Å². The van der Waals surface area contributed by atoms with Crippen molar-refractivity contribution in [1.82, 2.24) is 0 Å². The molecule has 0 unspecified atom stereocenters. The molecule has 0 aliphatic rings. The number of nitrogens with one attached hydrogen (secondary N) is 1. The van der Waals surface area contributed by atoms with Gasteiger partial charge in [0.2, 0.25) is 0 Å². The van der Waals surface area contributed by atoms with Crippen LogP contribution in [0.2, 0.25) is 5.02 Å². The minimum atomic E-state index is -4.31. The zero-order valence-electron chi connectivity index (χ0n) is 9.90. The lowest BCUT2D eigenvalue weighted by atomic mass is 10.3. The Kier molecular flexibility index (Phi) is 3.82. The molecule has 4 nitrogen and oxygen atoms in total. The maximum atomic E-state index is 13.6. The van der Waals surface area contributed by atoms with Gasteiger partial charge >= 0.3 is 0 Å². The van der Waals surface area contributed by atoms with Crippen LogP contribution in [0.3, 0.4) is 0 Å². The molecule has 2 aromatic rings. The topological polar surface area (TPSA) is 72.2 Å². The summed E-state index contributed by atoms with van der Waals surface area (Å²) in [6, 6.07) is 6.41. The van der Waals surface area contributed by atoms with Crippen LogP contribution in [0.15, 0.2) is 41.3 Å². The lowest BCUT2D eigenvalue weighted by Crippen LogP contribution is -2.15. The Hall–Kier alpha value is -1.86. The van der Waals surface area contributed by atoms with E-state index in [-0.39, 0.29) is 16.4 Å². The minimum absolute atomic E-state index is 0.0679. The van der Waals surface area contributed by atoms with Gasteiger partial charge < -0.3 is 5.73 Å². The molecule has 0 aromatic heterocycles. The molecule has 0 fully saturated rings. The van der Waals surface area contributed by atoms with Gasteiger partial charge in [0.25, 0.3) is 10.0 Å². The number of nitrogen functional groups attached to an aromatic ring is 1. The number of hydrogen-bond acceptors (Lipinski definition) is 3. The normalized spacial score (nSPS) is 11.3. The fourth-order valence-electron chi connectivity index (χ4n) is 1.50. The summed E-state index contributed by atoms with van der Waals surface area (Å²) >= 11 is 5.65. The van der Waals surface area contributed by atoms with Gasteiger partial charge in [-0.05, 0) is 36.4 Å². The van der Waals surface area contributed by atoms with Crippen molar-refractivity contribution in [1.29, 1.82) is 0 Å². The Morgan fingerprint density at radius 3 is 2.40 bits per heavy atom. The van der Waals surface area contributed by atoms with E-state index in [1.54, 1.807) is 0 Å². The van der Waals surface area contributed by atoms with E-state index in [0.717, 1.165) is 24.3 Å². The van der Waals surface area contributed by atoms with Gasteiger partial charge in [-0.2, -0.15) is 0 Å². The second-order valence-corrected chi connectivity index (χ2v) is 6.01. The number of anilines is 2. The highest BCUT2D eigenvalue weighted by Gasteiger charge is 2.21. The van der Waals surface area contributed by atoms with Gasteiger partial charge in [0, 0.05) is 10.7 Å². The van der Waals surface area contributed by atoms with E-state index in [9.17, 15) is 17.2 Å². The number of rotatable bonds is 3. The molecule has 0 spiro atoms. The molecule has 0 heterocycles. The predicted octanol–water partition coefficient (Wildman–Crippen LogP) is 3.00. The smallest absolute Gasteiger partial charge is 0.264 e. The molecular formula is C12H9ClF2N2O2S. The van der Waals surface area contributed by atoms with Crippen molar-refractivity contribution < 1.29 is 17.2 Å².